The van der Waals surface area contributed by atoms with Crippen molar-refractivity contribution in [1.29, 1.82) is 0 Å². The van der Waals surface area contributed by atoms with Crippen molar-refractivity contribution in [2.75, 3.05) is 24.5 Å². The molecule has 0 aliphatic carbocycles. The molecule has 1 unspecified atom stereocenters. The lowest BCUT2D eigenvalue weighted by Gasteiger charge is -2.32. The Morgan fingerprint density at radius 3 is 3.00 bits per heavy atom. The Bertz CT molecular complexity index is 801. The van der Waals surface area contributed by atoms with Gasteiger partial charge in [-0.05, 0) is 38.8 Å². The molecule has 2 aromatic heterocycles. The highest BCUT2D eigenvalue weighted by Crippen LogP contribution is 2.21. The van der Waals surface area contributed by atoms with E-state index in [1.807, 2.05) is 30.9 Å². The molecule has 1 aliphatic heterocycles. The Morgan fingerprint density at radius 1 is 1.42 bits per heavy atom. The molecule has 1 amide bonds. The average Bonchev–Trinajstić information content (AvgIpc) is 2.61. The summed E-state index contributed by atoms with van der Waals surface area (Å²) in [5.74, 6) is 0.381. The van der Waals surface area contributed by atoms with Crippen molar-refractivity contribution >= 4 is 22.9 Å². The van der Waals surface area contributed by atoms with Crippen LogP contribution in [0.25, 0.3) is 11.2 Å². The molecule has 1 saturated heterocycles. The molecule has 128 valence electrons. The van der Waals surface area contributed by atoms with Gasteiger partial charge in [0.1, 0.15) is 5.52 Å². The van der Waals surface area contributed by atoms with Gasteiger partial charge in [0.2, 0.25) is 5.91 Å². The Balaban J connectivity index is 1.98. The number of carbonyl (C=O) groups excluding carboxylic acids is 1. The number of amides is 1. The maximum absolute atomic E-state index is 12.8. The second kappa shape index (κ2) is 6.98. The molecule has 0 spiro atoms. The van der Waals surface area contributed by atoms with Crippen LogP contribution in [0, 0.1) is 5.92 Å². The molecule has 1 fully saturated rings. The third-order valence-electron chi connectivity index (χ3n) is 4.44. The van der Waals surface area contributed by atoms with E-state index in [-0.39, 0.29) is 17.4 Å². The van der Waals surface area contributed by atoms with Crippen LogP contribution >= 0.6 is 0 Å². The molecule has 24 heavy (non-hydrogen) atoms. The van der Waals surface area contributed by atoms with Crippen molar-refractivity contribution in [3.05, 3.63) is 28.7 Å². The topological polar surface area (TPSA) is 80.1 Å². The number of nitrogens with one attached hydrogen (secondary N) is 1. The predicted molar refractivity (Wildman–Crippen MR) is 93.1 cm³/mol. The molecule has 0 saturated carbocycles. The normalized spacial score (nSPS) is 17.9. The SMILES string of the molecule is CCNC(=O)C1CCCN(c2nc3cccnc3n(CC)c2=O)C1. The first kappa shape index (κ1) is 16.4. The van der Waals surface area contributed by atoms with Gasteiger partial charge >= 0.3 is 0 Å². The number of fused-ring (bicyclic) bond motifs is 1. The van der Waals surface area contributed by atoms with Crippen LogP contribution in [0.4, 0.5) is 5.82 Å². The number of hydrogen-bond donors (Lipinski definition) is 1. The number of rotatable bonds is 4. The molecule has 1 atom stereocenters. The summed E-state index contributed by atoms with van der Waals surface area (Å²) in [4.78, 5) is 35.8. The van der Waals surface area contributed by atoms with Gasteiger partial charge in [-0.1, -0.05) is 0 Å². The minimum absolute atomic E-state index is 0.0560. The quantitative estimate of drug-likeness (QED) is 0.910. The standard InChI is InChI=1S/C17H23N5O2/c1-3-18-16(23)12-7-6-10-21(11-12)15-17(24)22(4-2)14-13(20-15)8-5-9-19-14/h5,8-9,12H,3-4,6-7,10-11H2,1-2H3,(H,18,23). The summed E-state index contributed by atoms with van der Waals surface area (Å²) >= 11 is 0. The third kappa shape index (κ3) is 2.98. The third-order valence-corrected chi connectivity index (χ3v) is 4.44. The van der Waals surface area contributed by atoms with Crippen molar-refractivity contribution in [3.63, 3.8) is 0 Å². The molecule has 0 radical (unpaired) electrons. The number of aryl methyl sites for hydroxylation is 1. The van der Waals surface area contributed by atoms with Crippen LogP contribution < -0.4 is 15.8 Å². The van der Waals surface area contributed by atoms with Gasteiger partial charge in [-0.15, -0.1) is 0 Å². The minimum atomic E-state index is -0.139. The molecule has 1 aliphatic rings. The lowest BCUT2D eigenvalue weighted by atomic mass is 9.97. The molecule has 7 nitrogen and oxygen atoms in total. The van der Waals surface area contributed by atoms with Crippen molar-refractivity contribution in [2.45, 2.75) is 33.2 Å². The van der Waals surface area contributed by atoms with E-state index in [9.17, 15) is 9.59 Å². The molecule has 3 heterocycles. The van der Waals surface area contributed by atoms with Gasteiger partial charge in [0.15, 0.2) is 11.5 Å². The second-order valence-corrected chi connectivity index (χ2v) is 6.01. The monoisotopic (exact) mass is 329 g/mol. The van der Waals surface area contributed by atoms with Gasteiger partial charge < -0.3 is 10.2 Å². The van der Waals surface area contributed by atoms with Gasteiger partial charge in [-0.2, -0.15) is 0 Å². The summed E-state index contributed by atoms with van der Waals surface area (Å²) in [5.41, 5.74) is 1.17. The van der Waals surface area contributed by atoms with Crippen molar-refractivity contribution in [1.82, 2.24) is 19.9 Å². The summed E-state index contributed by atoms with van der Waals surface area (Å²) in [7, 11) is 0. The Morgan fingerprint density at radius 2 is 2.25 bits per heavy atom. The van der Waals surface area contributed by atoms with Crippen LogP contribution in [0.3, 0.4) is 0 Å². The summed E-state index contributed by atoms with van der Waals surface area (Å²) in [5, 5.41) is 2.87. The van der Waals surface area contributed by atoms with E-state index in [1.165, 1.54) is 0 Å². The average molecular weight is 329 g/mol. The first-order chi connectivity index (χ1) is 11.7. The molecule has 0 bridgehead atoms. The molecular formula is C17H23N5O2. The summed E-state index contributed by atoms with van der Waals surface area (Å²) < 4.78 is 1.65. The Labute approximate surface area is 140 Å². The van der Waals surface area contributed by atoms with E-state index >= 15 is 0 Å². The van der Waals surface area contributed by atoms with E-state index in [0.717, 1.165) is 19.4 Å². The Hall–Kier alpha value is -2.44. The van der Waals surface area contributed by atoms with Crippen LogP contribution in [-0.4, -0.2) is 40.1 Å². The molecule has 2 aromatic rings. The largest absolute Gasteiger partial charge is 0.356 e. The number of aromatic nitrogens is 3. The zero-order chi connectivity index (χ0) is 17.1. The minimum Gasteiger partial charge on any atom is -0.356 e. The maximum atomic E-state index is 12.8. The van der Waals surface area contributed by atoms with Crippen molar-refractivity contribution < 1.29 is 4.79 Å². The fourth-order valence-electron chi connectivity index (χ4n) is 3.26. The summed E-state index contributed by atoms with van der Waals surface area (Å²) in [6.07, 6.45) is 3.39. The van der Waals surface area contributed by atoms with Gasteiger partial charge in [-0.25, -0.2) is 9.97 Å². The number of anilines is 1. The molecular weight excluding hydrogens is 306 g/mol. The molecule has 7 heteroatoms. The highest BCUT2D eigenvalue weighted by Gasteiger charge is 2.28. The second-order valence-electron chi connectivity index (χ2n) is 6.01. The highest BCUT2D eigenvalue weighted by molar-refractivity contribution is 5.79. The molecule has 0 aromatic carbocycles. The summed E-state index contributed by atoms with van der Waals surface area (Å²) in [6, 6.07) is 3.68. The van der Waals surface area contributed by atoms with Crippen LogP contribution in [-0.2, 0) is 11.3 Å². The lowest BCUT2D eigenvalue weighted by molar-refractivity contribution is -0.125. The smallest absolute Gasteiger partial charge is 0.295 e. The number of carbonyl (C=O) groups is 1. The highest BCUT2D eigenvalue weighted by atomic mass is 16.2. The zero-order valence-corrected chi connectivity index (χ0v) is 14.2. The fourth-order valence-corrected chi connectivity index (χ4v) is 3.26. The van der Waals surface area contributed by atoms with Gasteiger partial charge in [0.25, 0.3) is 5.56 Å². The van der Waals surface area contributed by atoms with Gasteiger partial charge in [-0.3, -0.25) is 14.2 Å². The van der Waals surface area contributed by atoms with E-state index in [0.29, 0.717) is 36.6 Å². The van der Waals surface area contributed by atoms with E-state index in [1.54, 1.807) is 10.8 Å². The van der Waals surface area contributed by atoms with Gasteiger partial charge in [0.05, 0.1) is 5.92 Å². The number of pyridine rings is 1. The van der Waals surface area contributed by atoms with E-state index in [4.69, 9.17) is 0 Å². The molecule has 1 N–H and O–H groups in total. The first-order valence-electron chi connectivity index (χ1n) is 8.54. The zero-order valence-electron chi connectivity index (χ0n) is 14.2. The van der Waals surface area contributed by atoms with Gasteiger partial charge in [0, 0.05) is 32.4 Å². The lowest BCUT2D eigenvalue weighted by Crippen LogP contribution is -2.45. The van der Waals surface area contributed by atoms with Crippen LogP contribution in [0.1, 0.15) is 26.7 Å². The van der Waals surface area contributed by atoms with Crippen LogP contribution in [0.2, 0.25) is 0 Å². The van der Waals surface area contributed by atoms with E-state index < -0.39 is 0 Å². The van der Waals surface area contributed by atoms with Crippen molar-refractivity contribution in [3.8, 4) is 0 Å². The van der Waals surface area contributed by atoms with E-state index in [2.05, 4.69) is 15.3 Å². The summed E-state index contributed by atoms with van der Waals surface area (Å²) in [6.45, 7) is 6.27. The maximum Gasteiger partial charge on any atom is 0.295 e. The fraction of sp³-hybridized carbons (Fsp3) is 0.529. The van der Waals surface area contributed by atoms with Crippen LogP contribution in [0.15, 0.2) is 23.1 Å². The molecule has 3 rings (SSSR count). The van der Waals surface area contributed by atoms with Crippen molar-refractivity contribution in [2.24, 2.45) is 5.92 Å². The number of piperidine rings is 1. The van der Waals surface area contributed by atoms with Crippen LogP contribution in [0.5, 0.6) is 0 Å². The Kier molecular flexibility index (Phi) is 4.78. The number of hydrogen-bond acceptors (Lipinski definition) is 5. The first-order valence-corrected chi connectivity index (χ1v) is 8.54. The number of nitrogens with zero attached hydrogens (tertiary/aromatic N) is 4. The predicted octanol–water partition coefficient (Wildman–Crippen LogP) is 1.16.